The van der Waals surface area contributed by atoms with E-state index < -0.39 is 30.6 Å². The van der Waals surface area contributed by atoms with Gasteiger partial charge in [-0.05, 0) is 93.8 Å². The normalized spacial score (nSPS) is 16.3. The van der Waals surface area contributed by atoms with Gasteiger partial charge in [0, 0.05) is 31.2 Å². The second kappa shape index (κ2) is 28.7. The van der Waals surface area contributed by atoms with E-state index in [1.165, 1.54) is 4.90 Å². The van der Waals surface area contributed by atoms with E-state index in [0.717, 1.165) is 29.8 Å². The third kappa shape index (κ3) is 18.1. The zero-order valence-corrected chi connectivity index (χ0v) is 35.9. The molecule has 2 atom stereocenters. The van der Waals surface area contributed by atoms with Crippen LogP contribution in [0, 0.1) is 0 Å². The highest BCUT2D eigenvalue weighted by Crippen LogP contribution is 2.23. The molecule has 2 heteroatoms. The average Bonchev–Trinajstić information content (AvgIpc) is 3.39. The molecular formula is C60H64N2. The Labute approximate surface area is 388 Å². The summed E-state index contributed by atoms with van der Waals surface area (Å²) in [7, 11) is 0. The number of benzene rings is 2. The van der Waals surface area contributed by atoms with Crippen molar-refractivity contribution >= 4 is 11.3 Å². The lowest BCUT2D eigenvalue weighted by molar-refractivity contribution is 0.408. The van der Waals surface area contributed by atoms with E-state index in [2.05, 4.69) is 65.8 Å². The van der Waals surface area contributed by atoms with Gasteiger partial charge in [-0.2, -0.15) is 0 Å². The highest BCUT2D eigenvalue weighted by Gasteiger charge is 2.12. The van der Waals surface area contributed by atoms with Crippen LogP contribution >= 0.6 is 0 Å². The number of hydrogen-bond acceptors (Lipinski definition) is 2. The first-order valence-corrected chi connectivity index (χ1v) is 19.5. The Hall–Kier alpha value is -7.68. The van der Waals surface area contributed by atoms with Gasteiger partial charge in [0.25, 0.3) is 0 Å². The third-order valence-corrected chi connectivity index (χ3v) is 8.74. The molecule has 0 saturated carbocycles. The van der Waals surface area contributed by atoms with E-state index in [-0.39, 0.29) is 36.4 Å². The maximum absolute atomic E-state index is 8.70. The zero-order chi connectivity index (χ0) is 54.1. The first-order chi connectivity index (χ1) is 34.2. The van der Waals surface area contributed by atoms with Crippen molar-refractivity contribution in [3.63, 3.8) is 0 Å². The first-order valence-electron chi connectivity index (χ1n) is 24.7. The summed E-state index contributed by atoms with van der Waals surface area (Å²) in [6, 6.07) is 5.88. The maximum Gasteiger partial charge on any atom is 0.0645 e. The first kappa shape index (κ1) is 36.2. The molecule has 0 N–H and O–H groups in total. The maximum atomic E-state index is 8.70. The summed E-state index contributed by atoms with van der Waals surface area (Å²) in [6.07, 6.45) is 33.3. The highest BCUT2D eigenvalue weighted by atomic mass is 15.1. The summed E-state index contributed by atoms with van der Waals surface area (Å²) in [6.45, 7) is 44.2. The molecule has 0 aliphatic heterocycles. The molecule has 2 unspecified atom stereocenters. The van der Waals surface area contributed by atoms with Gasteiger partial charge in [-0.1, -0.05) is 224 Å². The van der Waals surface area contributed by atoms with Crippen LogP contribution in [-0.2, 0) is 0 Å². The molecule has 0 fully saturated rings. The third-order valence-electron chi connectivity index (χ3n) is 8.74. The average molecular weight is 823 g/mol. The molecule has 314 valence electrons. The van der Waals surface area contributed by atoms with Crippen molar-refractivity contribution in [3.05, 3.63) is 329 Å². The Morgan fingerprint density at radius 2 is 1.27 bits per heavy atom. The second-order valence-corrected chi connectivity index (χ2v) is 13.1. The van der Waals surface area contributed by atoms with E-state index in [4.69, 9.17) is 13.7 Å². The van der Waals surface area contributed by atoms with Gasteiger partial charge in [0.15, 0.2) is 0 Å². The molecule has 0 aliphatic carbocycles. The van der Waals surface area contributed by atoms with Gasteiger partial charge in [0.2, 0.25) is 0 Å². The molecule has 0 heterocycles. The van der Waals surface area contributed by atoms with E-state index in [9.17, 15) is 0 Å². The van der Waals surface area contributed by atoms with Gasteiger partial charge in [-0.25, -0.2) is 0 Å². The highest BCUT2D eigenvalue weighted by molar-refractivity contribution is 5.74. The Kier molecular flexibility index (Phi) is 16.8. The Balaban J connectivity index is 2.28. The largest absolute Gasteiger partial charge is 0.341 e. The van der Waals surface area contributed by atoms with Crippen LogP contribution in [0.5, 0.6) is 0 Å². The Bertz CT molecular complexity index is 2790. The number of rotatable bonds is 28. The van der Waals surface area contributed by atoms with Crippen LogP contribution in [0.4, 0.5) is 5.69 Å². The van der Waals surface area contributed by atoms with Crippen molar-refractivity contribution in [3.8, 4) is 0 Å². The van der Waals surface area contributed by atoms with Crippen molar-refractivity contribution in [1.82, 2.24) is 4.90 Å². The predicted molar refractivity (Wildman–Crippen MR) is 279 cm³/mol. The van der Waals surface area contributed by atoms with E-state index >= 15 is 0 Å². The number of para-hydroxylation sites is 1. The van der Waals surface area contributed by atoms with Gasteiger partial charge in [0.05, 0.1) is 18.4 Å². The molecule has 62 heavy (non-hydrogen) atoms. The fourth-order valence-corrected chi connectivity index (χ4v) is 5.03. The van der Waals surface area contributed by atoms with Crippen LogP contribution in [0.15, 0.2) is 324 Å². The summed E-state index contributed by atoms with van der Waals surface area (Å²) >= 11 is 0. The summed E-state index contributed by atoms with van der Waals surface area (Å²) in [4.78, 5) is 3.05. The lowest BCUT2D eigenvalue weighted by atomic mass is 10.0. The smallest absolute Gasteiger partial charge is 0.0645 e. The van der Waals surface area contributed by atoms with E-state index in [0.29, 0.717) is 44.8 Å². The molecule has 0 spiro atoms. The van der Waals surface area contributed by atoms with Gasteiger partial charge in [-0.15, -0.1) is 13.1 Å². The van der Waals surface area contributed by atoms with Crippen molar-refractivity contribution in [2.75, 3.05) is 11.4 Å². The molecule has 0 aliphatic rings. The number of nitrogens with zero attached hydrogens (tertiary/aromatic N) is 2. The number of anilines is 1. The molecule has 2 nitrogen and oxygen atoms in total. The fraction of sp³-hybridized carbons (Fsp3) is 0.0667. The molecule has 0 saturated heterocycles. The van der Waals surface area contributed by atoms with E-state index in [1.54, 1.807) is 90.1 Å². The van der Waals surface area contributed by atoms with Gasteiger partial charge >= 0.3 is 0 Å². The van der Waals surface area contributed by atoms with Crippen LogP contribution in [0.1, 0.15) is 32.6 Å². The summed E-state index contributed by atoms with van der Waals surface area (Å²) in [5.41, 5.74) is 6.53. The van der Waals surface area contributed by atoms with Crippen molar-refractivity contribution in [1.29, 1.82) is 0 Å². The van der Waals surface area contributed by atoms with Crippen LogP contribution in [-0.4, -0.2) is 17.5 Å². The predicted octanol–water partition coefficient (Wildman–Crippen LogP) is 16.1. The minimum absolute atomic E-state index is 0.0156. The van der Waals surface area contributed by atoms with Crippen LogP contribution in [0.2, 0.25) is 0 Å². The quantitative estimate of drug-likeness (QED) is 0.0623. The van der Waals surface area contributed by atoms with Crippen LogP contribution < -0.4 is 4.90 Å². The van der Waals surface area contributed by atoms with Crippen LogP contribution in [0.3, 0.4) is 0 Å². The molecule has 2 aromatic carbocycles. The standard InChI is InChI=1S/C60H64N2/c1-14-19-20-23-31-56(16-3)32-28-46-61(59(18-5)30-15-2)54(12)44-42-52(10)50(8)40-38-48(6)49(7)39-41-51(9)53(11)43-45-55(13)62(60-36-26-22-27-37-60)47-29-35-57(17-4)58-33-24-21-25-34-58/h14-29,31-46,59H,1-3,5-13,30,47H2,4H3/b20-19-,31-23+,35-29-,40-38-,41-39-,44-42-,45-43-,46-28+,56-32+,57-17+/i2D,5D,15D,18D,22D,26D,27D,30D,36D,37D/b15-2?,18-5?,20-19-,31-23+,35-29-,40-38-,41-39-,44-42-,45-43-,46-28+,56-32+,57-17+. The summed E-state index contributed by atoms with van der Waals surface area (Å²) in [5.74, 6) is 0. The molecular weight excluding hydrogens is 749 g/mol. The fourth-order valence-electron chi connectivity index (χ4n) is 5.03. The summed E-state index contributed by atoms with van der Waals surface area (Å²) < 4.78 is 82.8. The molecule has 0 bridgehead atoms. The van der Waals surface area contributed by atoms with Crippen molar-refractivity contribution in [2.45, 2.75) is 19.4 Å². The zero-order valence-electron chi connectivity index (χ0n) is 45.9. The monoisotopic (exact) mass is 823 g/mol. The lowest BCUT2D eigenvalue weighted by Crippen LogP contribution is -2.26. The minimum atomic E-state index is -1.39. The minimum Gasteiger partial charge on any atom is -0.341 e. The molecule has 0 radical (unpaired) electrons. The van der Waals surface area contributed by atoms with E-state index in [1.807, 2.05) is 73.7 Å². The van der Waals surface area contributed by atoms with Crippen molar-refractivity contribution < 1.29 is 13.7 Å². The second-order valence-electron chi connectivity index (χ2n) is 13.1. The van der Waals surface area contributed by atoms with Gasteiger partial charge in [0.1, 0.15) is 0 Å². The number of allylic oxidation sites excluding steroid dienone is 26. The molecule has 0 aromatic heterocycles. The number of hydrogen-bond donors (Lipinski definition) is 0. The van der Waals surface area contributed by atoms with Gasteiger partial charge < -0.3 is 9.80 Å². The SMILES string of the molecule is [2H]C=C([2H])C([2H])C(C([2H])=C[2H])N(/C=C/C=C(C=C)/C=C/C=C\C=C)C(=C)/C=C\C(=C)C(=C)/C=C\C(=C)C(=C)/C=C\C(=C)C(=C)/C=C\C(=C)N(C/C=C\C(=C/C)c1ccccc1)c1c([2H])c([2H])c([2H])c([2H])c1[2H]. The topological polar surface area (TPSA) is 6.48 Å². The Morgan fingerprint density at radius 3 is 1.81 bits per heavy atom. The Morgan fingerprint density at radius 1 is 0.694 bits per heavy atom. The molecule has 2 rings (SSSR count). The lowest BCUT2D eigenvalue weighted by Gasteiger charge is -2.28. The van der Waals surface area contributed by atoms with Crippen LogP contribution in [0.25, 0.3) is 5.57 Å². The molecule has 0 amide bonds. The summed E-state index contributed by atoms with van der Waals surface area (Å²) in [5, 5.41) is 0. The van der Waals surface area contributed by atoms with Crippen molar-refractivity contribution in [2.24, 2.45) is 0 Å². The molecule has 2 aromatic rings. The van der Waals surface area contributed by atoms with Gasteiger partial charge in [-0.3, -0.25) is 0 Å².